The highest BCUT2D eigenvalue weighted by molar-refractivity contribution is 6.10. The second-order valence-corrected chi connectivity index (χ2v) is 15.0. The first-order valence-electron chi connectivity index (χ1n) is 19.9. The molecule has 2 heteroatoms. The van der Waals surface area contributed by atoms with Crippen LogP contribution in [0.5, 0.6) is 0 Å². The molecule has 0 aliphatic carbocycles. The van der Waals surface area contributed by atoms with Crippen LogP contribution in [-0.2, 0) is 0 Å². The summed E-state index contributed by atoms with van der Waals surface area (Å²) in [7, 11) is 0. The minimum atomic E-state index is 1.09. The molecule has 0 bridgehead atoms. The first-order chi connectivity index (χ1) is 28.7. The maximum Gasteiger partial charge on any atom is 0.0561 e. The molecule has 0 N–H and O–H groups in total. The molecule has 0 fully saturated rings. The molecule has 0 aliphatic heterocycles. The molecule has 58 heavy (non-hydrogen) atoms. The molecular weight excluding hydrogens is 701 g/mol. The molecule has 0 saturated carbocycles. The summed E-state index contributed by atoms with van der Waals surface area (Å²) >= 11 is 0. The van der Waals surface area contributed by atoms with Gasteiger partial charge >= 0.3 is 0 Å². The lowest BCUT2D eigenvalue weighted by Gasteiger charge is -2.26. The van der Waals surface area contributed by atoms with Crippen molar-refractivity contribution in [3.63, 3.8) is 0 Å². The van der Waals surface area contributed by atoms with E-state index in [1.165, 1.54) is 76.7 Å². The minimum absolute atomic E-state index is 1.09. The minimum Gasteiger partial charge on any atom is -0.310 e. The summed E-state index contributed by atoms with van der Waals surface area (Å²) in [6, 6.07) is 83.7. The number of anilines is 3. The fraction of sp³-hybridized carbons (Fsp3) is 0. The molecule has 10 aromatic carbocycles. The van der Waals surface area contributed by atoms with E-state index in [2.05, 4.69) is 240 Å². The van der Waals surface area contributed by atoms with Crippen molar-refractivity contribution in [1.82, 2.24) is 4.57 Å². The second-order valence-electron chi connectivity index (χ2n) is 15.0. The Kier molecular flexibility index (Phi) is 8.19. The van der Waals surface area contributed by atoms with Gasteiger partial charge in [-0.2, -0.15) is 0 Å². The van der Waals surface area contributed by atoms with Crippen molar-refractivity contribution >= 4 is 60.4 Å². The number of rotatable bonds is 7. The van der Waals surface area contributed by atoms with E-state index in [0.29, 0.717) is 0 Å². The second kappa shape index (κ2) is 14.1. The maximum atomic E-state index is 2.39. The molecule has 2 nitrogen and oxygen atoms in total. The average Bonchev–Trinajstić information content (AvgIpc) is 3.63. The summed E-state index contributed by atoms with van der Waals surface area (Å²) in [4.78, 5) is 2.38. The summed E-state index contributed by atoms with van der Waals surface area (Å²) in [6.07, 6.45) is 0. The fourth-order valence-electron chi connectivity index (χ4n) is 8.71. The molecule has 11 aromatic rings. The van der Waals surface area contributed by atoms with Crippen molar-refractivity contribution in [3.8, 4) is 39.1 Å². The normalized spacial score (nSPS) is 11.4. The van der Waals surface area contributed by atoms with Crippen LogP contribution in [0.2, 0.25) is 0 Å². The van der Waals surface area contributed by atoms with Gasteiger partial charge in [0.25, 0.3) is 0 Å². The van der Waals surface area contributed by atoms with E-state index >= 15 is 0 Å². The smallest absolute Gasteiger partial charge is 0.0561 e. The van der Waals surface area contributed by atoms with Gasteiger partial charge in [0.1, 0.15) is 0 Å². The SMILES string of the molecule is c1ccc(-c2ccc3cc(-c4ccc(N(c5ccc(-c6cccc7ccccc67)cc5)c5ccc6c7ccccc7n(-c7ccccc7)c6c5)cc4)ccc3c2)cc1. The molecule has 0 radical (unpaired) electrons. The summed E-state index contributed by atoms with van der Waals surface area (Å²) < 4.78 is 2.39. The number of hydrogen-bond acceptors (Lipinski definition) is 1. The van der Waals surface area contributed by atoms with E-state index in [0.717, 1.165) is 22.7 Å². The van der Waals surface area contributed by atoms with Crippen LogP contribution in [0.15, 0.2) is 231 Å². The van der Waals surface area contributed by atoms with Crippen molar-refractivity contribution in [2.75, 3.05) is 4.90 Å². The van der Waals surface area contributed by atoms with Gasteiger partial charge in [-0.25, -0.2) is 0 Å². The molecule has 0 spiro atoms. The fourth-order valence-corrected chi connectivity index (χ4v) is 8.71. The van der Waals surface area contributed by atoms with Gasteiger partial charge in [-0.05, 0) is 122 Å². The van der Waals surface area contributed by atoms with E-state index in [4.69, 9.17) is 0 Å². The van der Waals surface area contributed by atoms with Gasteiger partial charge in [-0.15, -0.1) is 0 Å². The number of fused-ring (bicyclic) bond motifs is 5. The predicted octanol–water partition coefficient (Wildman–Crippen LogP) is 15.6. The van der Waals surface area contributed by atoms with Crippen molar-refractivity contribution in [1.29, 1.82) is 0 Å². The van der Waals surface area contributed by atoms with Crippen LogP contribution in [0, 0.1) is 0 Å². The Morgan fingerprint density at radius 3 is 1.50 bits per heavy atom. The monoisotopic (exact) mass is 738 g/mol. The van der Waals surface area contributed by atoms with Gasteiger partial charge in [-0.3, -0.25) is 0 Å². The van der Waals surface area contributed by atoms with E-state index in [-0.39, 0.29) is 0 Å². The van der Waals surface area contributed by atoms with Gasteiger partial charge in [-0.1, -0.05) is 164 Å². The van der Waals surface area contributed by atoms with Gasteiger partial charge in [0.15, 0.2) is 0 Å². The molecule has 0 atom stereocenters. The predicted molar refractivity (Wildman–Crippen MR) is 247 cm³/mol. The largest absolute Gasteiger partial charge is 0.310 e. The third-order valence-electron chi connectivity index (χ3n) is 11.6. The zero-order valence-electron chi connectivity index (χ0n) is 31.8. The highest BCUT2D eigenvalue weighted by Crippen LogP contribution is 2.41. The summed E-state index contributed by atoms with van der Waals surface area (Å²) in [5, 5.41) is 7.46. The van der Waals surface area contributed by atoms with E-state index < -0.39 is 0 Å². The quantitative estimate of drug-likeness (QED) is 0.158. The van der Waals surface area contributed by atoms with Gasteiger partial charge in [0, 0.05) is 33.5 Å². The molecule has 1 aromatic heterocycles. The third-order valence-corrected chi connectivity index (χ3v) is 11.6. The van der Waals surface area contributed by atoms with Gasteiger partial charge in [0.2, 0.25) is 0 Å². The van der Waals surface area contributed by atoms with Crippen LogP contribution < -0.4 is 4.90 Å². The van der Waals surface area contributed by atoms with Crippen molar-refractivity contribution in [3.05, 3.63) is 231 Å². The number of nitrogens with zero attached hydrogens (tertiary/aromatic N) is 2. The number of hydrogen-bond donors (Lipinski definition) is 0. The van der Waals surface area contributed by atoms with E-state index in [1.807, 2.05) is 0 Å². The molecule has 0 aliphatic rings. The lowest BCUT2D eigenvalue weighted by atomic mass is 9.97. The van der Waals surface area contributed by atoms with Crippen LogP contribution in [0.1, 0.15) is 0 Å². The van der Waals surface area contributed by atoms with Crippen LogP contribution >= 0.6 is 0 Å². The third kappa shape index (κ3) is 5.91. The highest BCUT2D eigenvalue weighted by Gasteiger charge is 2.18. The Morgan fingerprint density at radius 2 is 0.793 bits per heavy atom. The molecule has 0 saturated heterocycles. The zero-order chi connectivity index (χ0) is 38.4. The molecular formula is C56H38N2. The maximum absolute atomic E-state index is 2.39. The van der Waals surface area contributed by atoms with E-state index in [1.54, 1.807) is 0 Å². The number of para-hydroxylation sites is 2. The van der Waals surface area contributed by atoms with Crippen LogP contribution in [0.25, 0.3) is 82.4 Å². The number of aromatic nitrogens is 1. The molecule has 0 unspecified atom stereocenters. The van der Waals surface area contributed by atoms with E-state index in [9.17, 15) is 0 Å². The standard InChI is InChI=1S/C56H38N2/c1-3-12-39(13-4-1)43-22-24-46-37-44(23-25-45(46)36-43)40-26-30-48(31-27-40)57(49-32-28-42(29-33-49)52-20-11-15-41-14-7-8-18-51(41)52)50-34-35-54-53-19-9-10-21-55(53)58(56(54)38-50)47-16-5-2-6-17-47/h1-38H. The zero-order valence-corrected chi connectivity index (χ0v) is 31.8. The molecule has 0 amide bonds. The van der Waals surface area contributed by atoms with Crippen molar-refractivity contribution < 1.29 is 0 Å². The van der Waals surface area contributed by atoms with Gasteiger partial charge in [0.05, 0.1) is 11.0 Å². The first-order valence-corrected chi connectivity index (χ1v) is 19.9. The lowest BCUT2D eigenvalue weighted by Crippen LogP contribution is -2.10. The first kappa shape index (κ1) is 33.6. The summed E-state index contributed by atoms with van der Waals surface area (Å²) in [6.45, 7) is 0. The molecule has 272 valence electrons. The van der Waals surface area contributed by atoms with Crippen LogP contribution in [0.3, 0.4) is 0 Å². The average molecular weight is 739 g/mol. The lowest BCUT2D eigenvalue weighted by molar-refractivity contribution is 1.18. The van der Waals surface area contributed by atoms with Crippen LogP contribution in [-0.4, -0.2) is 4.57 Å². The number of benzene rings is 10. The Morgan fingerprint density at radius 1 is 0.276 bits per heavy atom. The summed E-state index contributed by atoms with van der Waals surface area (Å²) in [5.74, 6) is 0. The van der Waals surface area contributed by atoms with Crippen molar-refractivity contribution in [2.45, 2.75) is 0 Å². The Hall–Kier alpha value is -7.68. The van der Waals surface area contributed by atoms with Gasteiger partial charge < -0.3 is 9.47 Å². The Bertz CT molecular complexity index is 3250. The summed E-state index contributed by atoms with van der Waals surface area (Å²) in [5.41, 5.74) is 14.1. The highest BCUT2D eigenvalue weighted by atomic mass is 15.1. The Balaban J connectivity index is 1.02. The van der Waals surface area contributed by atoms with Crippen molar-refractivity contribution in [2.24, 2.45) is 0 Å². The topological polar surface area (TPSA) is 8.17 Å². The molecule has 1 heterocycles. The Labute approximate surface area is 338 Å². The van der Waals surface area contributed by atoms with Crippen LogP contribution in [0.4, 0.5) is 17.1 Å². The molecule has 11 rings (SSSR count).